The SMILES string of the molecule is CC(COC(=O)Nc1cnc(OCCO)nc1)Oc1cc2sc(-c3cc(Cl)cc4cc(OC(F)F)cnc34)nc2cc1F. The van der Waals surface area contributed by atoms with Gasteiger partial charge in [0.15, 0.2) is 11.6 Å². The first-order chi connectivity index (χ1) is 20.7. The van der Waals surface area contributed by atoms with Crippen molar-refractivity contribution in [1.82, 2.24) is 19.9 Å². The molecular formula is C27H21ClF3N5O6S. The maximum Gasteiger partial charge on any atom is 0.411 e. The summed E-state index contributed by atoms with van der Waals surface area (Å²) in [5.74, 6) is -0.870. The summed E-state index contributed by atoms with van der Waals surface area (Å²) in [5, 5.41) is 12.5. The third kappa shape index (κ3) is 7.49. The molecule has 5 rings (SSSR count). The highest BCUT2D eigenvalue weighted by atomic mass is 35.5. The van der Waals surface area contributed by atoms with Crippen LogP contribution >= 0.6 is 22.9 Å². The molecule has 0 saturated heterocycles. The van der Waals surface area contributed by atoms with Crippen LogP contribution in [0.1, 0.15) is 6.92 Å². The minimum Gasteiger partial charge on any atom is -0.484 e. The average molecular weight is 636 g/mol. The number of rotatable bonds is 11. The third-order valence-corrected chi connectivity index (χ3v) is 6.86. The van der Waals surface area contributed by atoms with Gasteiger partial charge < -0.3 is 24.1 Å². The molecule has 0 aliphatic carbocycles. The van der Waals surface area contributed by atoms with Gasteiger partial charge in [0.1, 0.15) is 30.1 Å². The van der Waals surface area contributed by atoms with Crippen LogP contribution in [0.5, 0.6) is 17.5 Å². The molecule has 2 aromatic carbocycles. The van der Waals surface area contributed by atoms with Gasteiger partial charge in [0.25, 0.3) is 0 Å². The molecule has 1 atom stereocenters. The largest absolute Gasteiger partial charge is 0.484 e. The lowest BCUT2D eigenvalue weighted by Crippen LogP contribution is -2.24. The highest BCUT2D eigenvalue weighted by Gasteiger charge is 2.18. The van der Waals surface area contributed by atoms with Gasteiger partial charge in [-0.05, 0) is 25.1 Å². The summed E-state index contributed by atoms with van der Waals surface area (Å²) in [5.41, 5.74) is 1.58. The molecule has 3 aromatic heterocycles. The predicted octanol–water partition coefficient (Wildman–Crippen LogP) is 6.08. The van der Waals surface area contributed by atoms with E-state index in [-0.39, 0.29) is 43.0 Å². The van der Waals surface area contributed by atoms with Crippen LogP contribution in [0.3, 0.4) is 0 Å². The molecule has 1 unspecified atom stereocenters. The zero-order valence-electron chi connectivity index (χ0n) is 22.1. The van der Waals surface area contributed by atoms with Crippen molar-refractivity contribution in [2.45, 2.75) is 19.6 Å². The van der Waals surface area contributed by atoms with Crippen molar-refractivity contribution in [3.63, 3.8) is 0 Å². The number of anilines is 1. The maximum atomic E-state index is 14.9. The van der Waals surface area contributed by atoms with Gasteiger partial charge in [-0.1, -0.05) is 11.6 Å². The van der Waals surface area contributed by atoms with Crippen molar-refractivity contribution in [3.8, 4) is 28.1 Å². The Kier molecular flexibility index (Phi) is 9.23. The molecule has 0 aliphatic rings. The fourth-order valence-corrected chi connectivity index (χ4v) is 5.07. The Morgan fingerprint density at radius 3 is 2.63 bits per heavy atom. The van der Waals surface area contributed by atoms with Crippen LogP contribution in [-0.2, 0) is 4.74 Å². The number of halogens is 4. The first-order valence-electron chi connectivity index (χ1n) is 12.5. The molecule has 2 N–H and O–H groups in total. The molecule has 16 heteroatoms. The van der Waals surface area contributed by atoms with Gasteiger partial charge in [-0.15, -0.1) is 11.3 Å². The highest BCUT2D eigenvalue weighted by molar-refractivity contribution is 7.21. The van der Waals surface area contributed by atoms with Crippen molar-refractivity contribution in [2.75, 3.05) is 25.1 Å². The van der Waals surface area contributed by atoms with Crippen LogP contribution in [0.25, 0.3) is 31.7 Å². The number of ether oxygens (including phenoxy) is 4. The summed E-state index contributed by atoms with van der Waals surface area (Å²) in [6.07, 6.45) is 2.25. The number of nitrogens with one attached hydrogen (secondary N) is 1. The van der Waals surface area contributed by atoms with Crippen molar-refractivity contribution in [1.29, 1.82) is 0 Å². The van der Waals surface area contributed by atoms with Crippen LogP contribution in [0.2, 0.25) is 5.02 Å². The van der Waals surface area contributed by atoms with E-state index in [4.69, 9.17) is 30.9 Å². The predicted molar refractivity (Wildman–Crippen MR) is 152 cm³/mol. The Hall–Kier alpha value is -4.47. The fourth-order valence-electron chi connectivity index (χ4n) is 3.85. The average Bonchev–Trinajstić information content (AvgIpc) is 3.37. The van der Waals surface area contributed by atoms with Crippen molar-refractivity contribution in [2.24, 2.45) is 0 Å². The lowest BCUT2D eigenvalue weighted by molar-refractivity contribution is -0.0499. The molecule has 5 aromatic rings. The van der Waals surface area contributed by atoms with E-state index in [1.807, 2.05) is 0 Å². The van der Waals surface area contributed by atoms with Crippen LogP contribution in [0.15, 0.2) is 48.9 Å². The van der Waals surface area contributed by atoms with Gasteiger partial charge in [0.2, 0.25) is 0 Å². The van der Waals surface area contributed by atoms with Gasteiger partial charge in [-0.3, -0.25) is 10.3 Å². The van der Waals surface area contributed by atoms with E-state index in [2.05, 4.69) is 30.0 Å². The van der Waals surface area contributed by atoms with Crippen molar-refractivity contribution < 1.29 is 42.0 Å². The molecule has 0 radical (unpaired) electrons. The second kappa shape index (κ2) is 13.2. The summed E-state index contributed by atoms with van der Waals surface area (Å²) >= 11 is 7.51. The number of aliphatic hydroxyl groups excluding tert-OH is 1. The molecule has 0 fully saturated rings. The molecular weight excluding hydrogens is 615 g/mol. The lowest BCUT2D eigenvalue weighted by Gasteiger charge is -2.15. The first-order valence-corrected chi connectivity index (χ1v) is 13.7. The molecule has 1 amide bonds. The molecule has 0 saturated carbocycles. The normalized spacial score (nSPS) is 12.0. The maximum absolute atomic E-state index is 14.9. The second-order valence-corrected chi connectivity index (χ2v) is 10.3. The first kappa shape index (κ1) is 30.0. The van der Waals surface area contributed by atoms with Crippen LogP contribution in [0, 0.1) is 5.82 Å². The highest BCUT2D eigenvalue weighted by Crippen LogP contribution is 2.38. The summed E-state index contributed by atoms with van der Waals surface area (Å²) in [4.78, 5) is 28.7. The zero-order valence-corrected chi connectivity index (χ0v) is 23.7. The number of carbonyl (C=O) groups is 1. The van der Waals surface area contributed by atoms with E-state index in [0.29, 0.717) is 36.7 Å². The Morgan fingerprint density at radius 1 is 1.09 bits per heavy atom. The molecule has 43 heavy (non-hydrogen) atoms. The summed E-state index contributed by atoms with van der Waals surface area (Å²) in [6.45, 7) is -1.76. The van der Waals surface area contributed by atoms with E-state index in [1.165, 1.54) is 48.1 Å². The Bertz CT molecular complexity index is 1760. The van der Waals surface area contributed by atoms with Gasteiger partial charge in [0, 0.05) is 28.1 Å². The van der Waals surface area contributed by atoms with E-state index >= 15 is 0 Å². The molecule has 0 bridgehead atoms. The van der Waals surface area contributed by atoms with Crippen molar-refractivity contribution >= 4 is 55.8 Å². The third-order valence-electron chi connectivity index (χ3n) is 5.59. The zero-order chi connectivity index (χ0) is 30.5. The Labute approximate surface area is 250 Å². The van der Waals surface area contributed by atoms with Crippen LogP contribution in [-0.4, -0.2) is 63.7 Å². The number of alkyl halides is 2. The molecule has 0 aliphatic heterocycles. The molecule has 11 nitrogen and oxygen atoms in total. The lowest BCUT2D eigenvalue weighted by atomic mass is 10.1. The standard InChI is InChI=1S/C27H21ClF3N5O6S/c1-13(12-40-27(38)35-16-9-33-26(34-10-16)39-3-2-37)41-21-8-22-20(7-19(21)29)36-24(43-22)18-6-15(28)4-14-5-17(42-25(30)31)11-32-23(14)18/h4-11,13,25,37H,2-3,12H2,1H3,(H,35,38). The van der Waals surface area contributed by atoms with Gasteiger partial charge in [-0.25, -0.2) is 24.1 Å². The summed E-state index contributed by atoms with van der Waals surface area (Å²) < 4.78 is 61.1. The second-order valence-electron chi connectivity index (χ2n) is 8.82. The number of hydrogen-bond donors (Lipinski definition) is 2. The Morgan fingerprint density at radius 2 is 1.88 bits per heavy atom. The van der Waals surface area contributed by atoms with E-state index in [1.54, 1.807) is 19.1 Å². The minimum absolute atomic E-state index is 0.0329. The van der Waals surface area contributed by atoms with Crippen LogP contribution in [0.4, 0.5) is 23.7 Å². The van der Waals surface area contributed by atoms with E-state index in [9.17, 15) is 18.0 Å². The van der Waals surface area contributed by atoms with Crippen LogP contribution < -0.4 is 19.5 Å². The number of amides is 1. The number of aliphatic hydroxyl groups is 1. The number of pyridine rings is 1. The number of benzene rings is 2. The monoisotopic (exact) mass is 635 g/mol. The minimum atomic E-state index is -3.00. The van der Waals surface area contributed by atoms with Gasteiger partial charge >= 0.3 is 18.7 Å². The van der Waals surface area contributed by atoms with Gasteiger partial charge in [0.05, 0.1) is 46.6 Å². The fraction of sp³-hybridized carbons (Fsp3) is 0.222. The quantitative estimate of drug-likeness (QED) is 0.176. The van der Waals surface area contributed by atoms with E-state index in [0.717, 1.165) is 0 Å². The topological polar surface area (TPSA) is 138 Å². The van der Waals surface area contributed by atoms with Crippen molar-refractivity contribution in [3.05, 3.63) is 59.8 Å². The number of aromatic nitrogens is 4. The number of carbonyl (C=O) groups excluding carboxylic acids is 1. The number of fused-ring (bicyclic) bond motifs is 2. The number of hydrogen-bond acceptors (Lipinski definition) is 11. The summed E-state index contributed by atoms with van der Waals surface area (Å²) in [6, 6.07) is 7.32. The number of nitrogens with zero attached hydrogens (tertiary/aromatic N) is 4. The van der Waals surface area contributed by atoms with E-state index < -0.39 is 24.6 Å². The molecule has 3 heterocycles. The molecule has 0 spiro atoms. The van der Waals surface area contributed by atoms with Gasteiger partial charge in [-0.2, -0.15) is 8.78 Å². The molecule has 224 valence electrons. The smallest absolute Gasteiger partial charge is 0.411 e. The Balaban J connectivity index is 1.26. The summed E-state index contributed by atoms with van der Waals surface area (Å²) in [7, 11) is 0. The number of thiazole rings is 1.